The Kier molecular flexibility index (Phi) is 7.22. The summed E-state index contributed by atoms with van der Waals surface area (Å²) in [4.78, 5) is 5.57. The zero-order valence-electron chi connectivity index (χ0n) is 14.6. The lowest BCUT2D eigenvalue weighted by molar-refractivity contribution is -0.143. The lowest BCUT2D eigenvalue weighted by atomic mass is 10.1. The Morgan fingerprint density at radius 1 is 1.38 bits per heavy atom. The highest BCUT2D eigenvalue weighted by atomic mass is 19.4. The minimum absolute atomic E-state index is 0.0603. The summed E-state index contributed by atoms with van der Waals surface area (Å²) in [5.74, 6) is -0.117. The molecule has 5 nitrogen and oxygen atoms in total. The molecule has 26 heavy (non-hydrogen) atoms. The van der Waals surface area contributed by atoms with Crippen LogP contribution in [0.1, 0.15) is 25.0 Å². The number of aliphatic imine (C=N–C) groups is 1. The van der Waals surface area contributed by atoms with Gasteiger partial charge in [-0.1, -0.05) is 18.2 Å². The smallest absolute Gasteiger partial charge is 0.386 e. The van der Waals surface area contributed by atoms with Crippen molar-refractivity contribution in [2.45, 2.75) is 31.7 Å². The van der Waals surface area contributed by atoms with Gasteiger partial charge in [0.1, 0.15) is 11.9 Å². The minimum atomic E-state index is -4.21. The molecule has 146 valence electrons. The molecule has 1 aromatic rings. The number of aliphatic hydroxyl groups excluding tert-OH is 1. The first-order chi connectivity index (χ1) is 12.3. The molecule has 2 rings (SSSR count). The van der Waals surface area contributed by atoms with Gasteiger partial charge < -0.3 is 15.7 Å². The van der Waals surface area contributed by atoms with Crippen molar-refractivity contribution in [1.29, 1.82) is 0 Å². The van der Waals surface area contributed by atoms with Crippen LogP contribution in [0.2, 0.25) is 0 Å². The molecular formula is C17H24F4N4O. The summed E-state index contributed by atoms with van der Waals surface area (Å²) in [5, 5.41) is 16.2. The second-order valence-electron chi connectivity index (χ2n) is 6.24. The number of likely N-dealkylation sites (tertiary alicyclic amines) is 1. The standard InChI is InChI=1S/C17H24F4N4O/c1-2-22-16(23-9-15(26)13-5-3-4-6-14(13)18)24-12-7-8-25(10-12)11-17(19,20)21/h3-6,12,15,26H,2,7-11H2,1H3,(H2,22,23,24). The van der Waals surface area contributed by atoms with Crippen LogP contribution in [0.4, 0.5) is 17.6 Å². The van der Waals surface area contributed by atoms with E-state index in [2.05, 4.69) is 15.6 Å². The lowest BCUT2D eigenvalue weighted by Gasteiger charge is -2.20. The molecule has 2 atom stereocenters. The van der Waals surface area contributed by atoms with Crippen LogP contribution in [0, 0.1) is 5.82 Å². The zero-order chi connectivity index (χ0) is 19.2. The van der Waals surface area contributed by atoms with Gasteiger partial charge in [0, 0.05) is 31.2 Å². The monoisotopic (exact) mass is 376 g/mol. The van der Waals surface area contributed by atoms with Gasteiger partial charge in [-0.2, -0.15) is 13.2 Å². The van der Waals surface area contributed by atoms with Crippen molar-refractivity contribution in [3.8, 4) is 0 Å². The third-order valence-electron chi connectivity index (χ3n) is 4.05. The number of aliphatic hydroxyl groups is 1. The molecular weight excluding hydrogens is 352 g/mol. The summed E-state index contributed by atoms with van der Waals surface area (Å²) >= 11 is 0. The summed E-state index contributed by atoms with van der Waals surface area (Å²) in [6, 6.07) is 5.75. The van der Waals surface area contributed by atoms with E-state index in [0.717, 1.165) is 0 Å². The van der Waals surface area contributed by atoms with Crippen LogP contribution in [0.3, 0.4) is 0 Å². The van der Waals surface area contributed by atoms with Crippen molar-refractivity contribution >= 4 is 5.96 Å². The van der Waals surface area contributed by atoms with Gasteiger partial charge >= 0.3 is 6.18 Å². The lowest BCUT2D eigenvalue weighted by Crippen LogP contribution is -2.45. The van der Waals surface area contributed by atoms with Gasteiger partial charge in [-0.3, -0.25) is 9.89 Å². The van der Waals surface area contributed by atoms with Gasteiger partial charge in [0.15, 0.2) is 5.96 Å². The molecule has 1 aliphatic heterocycles. The molecule has 1 fully saturated rings. The first-order valence-corrected chi connectivity index (χ1v) is 8.55. The fourth-order valence-electron chi connectivity index (χ4n) is 2.88. The Hall–Kier alpha value is -1.87. The van der Waals surface area contributed by atoms with Gasteiger partial charge in [0.2, 0.25) is 0 Å². The van der Waals surface area contributed by atoms with E-state index in [-0.39, 0.29) is 24.7 Å². The fourth-order valence-corrected chi connectivity index (χ4v) is 2.88. The number of nitrogens with zero attached hydrogens (tertiary/aromatic N) is 2. The zero-order valence-corrected chi connectivity index (χ0v) is 14.6. The molecule has 2 unspecified atom stereocenters. The van der Waals surface area contributed by atoms with E-state index >= 15 is 0 Å². The molecule has 1 aromatic carbocycles. The van der Waals surface area contributed by atoms with Crippen LogP contribution >= 0.6 is 0 Å². The van der Waals surface area contributed by atoms with E-state index in [1.165, 1.54) is 23.1 Å². The molecule has 9 heteroatoms. The Bertz CT molecular complexity index is 609. The third-order valence-corrected chi connectivity index (χ3v) is 4.05. The highest BCUT2D eigenvalue weighted by molar-refractivity contribution is 5.80. The van der Waals surface area contributed by atoms with Crippen LogP contribution < -0.4 is 10.6 Å². The second-order valence-corrected chi connectivity index (χ2v) is 6.24. The average molecular weight is 376 g/mol. The first-order valence-electron chi connectivity index (χ1n) is 8.55. The van der Waals surface area contributed by atoms with Crippen molar-refractivity contribution in [2.24, 2.45) is 4.99 Å². The number of nitrogens with one attached hydrogen (secondary N) is 2. The third kappa shape index (κ3) is 6.45. The van der Waals surface area contributed by atoms with E-state index in [9.17, 15) is 22.7 Å². The molecule has 0 saturated carbocycles. The maximum Gasteiger partial charge on any atom is 0.401 e. The van der Waals surface area contributed by atoms with Crippen LogP contribution in [0.5, 0.6) is 0 Å². The highest BCUT2D eigenvalue weighted by Crippen LogP contribution is 2.20. The number of hydrogen-bond donors (Lipinski definition) is 3. The van der Waals surface area contributed by atoms with Crippen molar-refractivity contribution < 1.29 is 22.7 Å². The predicted octanol–water partition coefficient (Wildman–Crippen LogP) is 2.05. The van der Waals surface area contributed by atoms with Crippen molar-refractivity contribution in [1.82, 2.24) is 15.5 Å². The number of alkyl halides is 3. The van der Waals surface area contributed by atoms with Crippen LogP contribution in [0.15, 0.2) is 29.3 Å². The van der Waals surface area contributed by atoms with E-state index in [1.807, 2.05) is 6.92 Å². The molecule has 1 heterocycles. The van der Waals surface area contributed by atoms with E-state index in [4.69, 9.17) is 0 Å². The maximum absolute atomic E-state index is 13.7. The van der Waals surface area contributed by atoms with Gasteiger partial charge in [-0.25, -0.2) is 4.39 Å². The summed E-state index contributed by atoms with van der Waals surface area (Å²) in [6.45, 7) is 2.05. The van der Waals surface area contributed by atoms with Gasteiger partial charge in [0.05, 0.1) is 13.1 Å². The van der Waals surface area contributed by atoms with Crippen LogP contribution in [-0.4, -0.2) is 60.9 Å². The Labute approximate surface area is 150 Å². The number of rotatable bonds is 6. The predicted molar refractivity (Wildman–Crippen MR) is 91.4 cm³/mol. The van der Waals surface area contributed by atoms with Crippen LogP contribution in [-0.2, 0) is 0 Å². The topological polar surface area (TPSA) is 59.9 Å². The molecule has 0 aliphatic carbocycles. The first kappa shape index (κ1) is 20.4. The summed E-state index contributed by atoms with van der Waals surface area (Å²) < 4.78 is 51.1. The van der Waals surface area contributed by atoms with Crippen LogP contribution in [0.25, 0.3) is 0 Å². The van der Waals surface area contributed by atoms with E-state index in [0.29, 0.717) is 25.5 Å². The largest absolute Gasteiger partial charge is 0.401 e. The molecule has 0 spiro atoms. The van der Waals surface area contributed by atoms with Crippen molar-refractivity contribution in [2.75, 3.05) is 32.7 Å². The molecule has 0 bridgehead atoms. The van der Waals surface area contributed by atoms with Crippen molar-refractivity contribution in [3.63, 3.8) is 0 Å². The Balaban J connectivity index is 1.92. The normalized spacial score (nSPS) is 20.2. The fraction of sp³-hybridized carbons (Fsp3) is 0.588. The quantitative estimate of drug-likeness (QED) is 0.404. The molecule has 3 N–H and O–H groups in total. The summed E-state index contributed by atoms with van der Waals surface area (Å²) in [7, 11) is 0. The van der Waals surface area contributed by atoms with E-state index in [1.54, 1.807) is 6.07 Å². The minimum Gasteiger partial charge on any atom is -0.386 e. The molecule has 0 amide bonds. The second kappa shape index (κ2) is 9.18. The molecule has 1 aliphatic rings. The van der Waals surface area contributed by atoms with Gasteiger partial charge in [-0.15, -0.1) is 0 Å². The molecule has 0 radical (unpaired) electrons. The number of halogens is 4. The number of hydrogen-bond acceptors (Lipinski definition) is 3. The van der Waals surface area contributed by atoms with Crippen molar-refractivity contribution in [3.05, 3.63) is 35.6 Å². The SMILES string of the molecule is CCNC(=NCC(O)c1ccccc1F)NC1CCN(CC(F)(F)F)C1. The van der Waals surface area contributed by atoms with Gasteiger partial charge in [-0.05, 0) is 19.4 Å². The average Bonchev–Trinajstić information content (AvgIpc) is 2.98. The summed E-state index contributed by atoms with van der Waals surface area (Å²) in [5.41, 5.74) is 0.157. The highest BCUT2D eigenvalue weighted by Gasteiger charge is 2.34. The Morgan fingerprint density at radius 2 is 2.12 bits per heavy atom. The summed E-state index contributed by atoms with van der Waals surface area (Å²) in [6.07, 6.45) is -4.75. The van der Waals surface area contributed by atoms with Gasteiger partial charge in [0.25, 0.3) is 0 Å². The molecule has 0 aromatic heterocycles. The number of guanidine groups is 1. The van der Waals surface area contributed by atoms with E-state index < -0.39 is 24.6 Å². The molecule has 1 saturated heterocycles. The Morgan fingerprint density at radius 3 is 2.77 bits per heavy atom. The maximum atomic E-state index is 13.7. The number of benzene rings is 1.